The summed E-state index contributed by atoms with van der Waals surface area (Å²) in [6.45, 7) is 8.31. The third-order valence-electron chi connectivity index (χ3n) is 2.88. The van der Waals surface area contributed by atoms with Gasteiger partial charge in [-0.2, -0.15) is 0 Å². The first-order chi connectivity index (χ1) is 6.75. The highest BCUT2D eigenvalue weighted by atomic mass is 79.9. The summed E-state index contributed by atoms with van der Waals surface area (Å²) in [5.74, 6) is -0.166. The van der Waals surface area contributed by atoms with E-state index >= 15 is 0 Å². The Kier molecular flexibility index (Phi) is 5.81. The maximum absolute atomic E-state index is 11.6. The lowest BCUT2D eigenvalue weighted by molar-refractivity contribution is -0.888. The van der Waals surface area contributed by atoms with Crippen LogP contribution in [0.25, 0.3) is 0 Å². The van der Waals surface area contributed by atoms with Crippen LogP contribution in [0.1, 0.15) is 27.2 Å². The zero-order valence-electron chi connectivity index (χ0n) is 10.5. The van der Waals surface area contributed by atoms with Crippen molar-refractivity contribution in [3.05, 3.63) is 0 Å². The van der Waals surface area contributed by atoms with Crippen LogP contribution in [-0.2, 0) is 9.53 Å². The molecule has 0 aliphatic heterocycles. The van der Waals surface area contributed by atoms with Crippen molar-refractivity contribution in [1.29, 1.82) is 0 Å². The number of hydrogen-bond donors (Lipinski definition) is 0. The van der Waals surface area contributed by atoms with Crippen molar-refractivity contribution in [2.45, 2.75) is 31.5 Å². The summed E-state index contributed by atoms with van der Waals surface area (Å²) in [6, 6.07) is 0. The average molecular weight is 281 g/mol. The molecule has 0 saturated heterocycles. The van der Waals surface area contributed by atoms with Crippen molar-refractivity contribution in [2.75, 3.05) is 33.8 Å². The number of rotatable bonds is 6. The molecule has 0 aromatic rings. The molecule has 4 heteroatoms. The van der Waals surface area contributed by atoms with Gasteiger partial charge in [0.1, 0.15) is 17.5 Å². The molecule has 0 amide bonds. The van der Waals surface area contributed by atoms with Gasteiger partial charge >= 0.3 is 5.97 Å². The first-order valence-electron chi connectivity index (χ1n) is 5.43. The maximum atomic E-state index is 11.6. The predicted octanol–water partition coefficient (Wildman–Crippen LogP) is 2.19. The van der Waals surface area contributed by atoms with Crippen molar-refractivity contribution in [2.24, 2.45) is 0 Å². The van der Waals surface area contributed by atoms with Gasteiger partial charge in [0.2, 0.25) is 0 Å². The normalized spacial score (nSPS) is 15.9. The fraction of sp³-hybridized carbons (Fsp3) is 0.909. The van der Waals surface area contributed by atoms with Crippen molar-refractivity contribution < 1.29 is 14.0 Å². The van der Waals surface area contributed by atoms with Crippen molar-refractivity contribution in [3.8, 4) is 0 Å². The number of esters is 1. The third kappa shape index (κ3) is 5.52. The van der Waals surface area contributed by atoms with Crippen LogP contribution in [-0.4, -0.2) is 48.6 Å². The van der Waals surface area contributed by atoms with Gasteiger partial charge in [-0.15, -0.1) is 0 Å². The highest BCUT2D eigenvalue weighted by molar-refractivity contribution is 9.10. The Bertz CT molecular complexity index is 215. The summed E-state index contributed by atoms with van der Waals surface area (Å²) in [5.41, 5.74) is 0. The van der Waals surface area contributed by atoms with Gasteiger partial charge in [0.25, 0.3) is 0 Å². The number of halogens is 1. The number of carbonyl (C=O) groups is 1. The lowest BCUT2D eigenvalue weighted by atomic mass is 10.1. The zero-order valence-corrected chi connectivity index (χ0v) is 12.1. The molecule has 15 heavy (non-hydrogen) atoms. The number of nitrogens with zero attached hydrogens (tertiary/aromatic N) is 1. The van der Waals surface area contributed by atoms with Gasteiger partial charge < -0.3 is 9.22 Å². The van der Waals surface area contributed by atoms with Crippen LogP contribution in [0.3, 0.4) is 0 Å². The lowest BCUT2D eigenvalue weighted by Crippen LogP contribution is -2.43. The predicted molar refractivity (Wildman–Crippen MR) is 66.1 cm³/mol. The topological polar surface area (TPSA) is 26.3 Å². The molecular weight excluding hydrogens is 258 g/mol. The van der Waals surface area contributed by atoms with E-state index in [-0.39, 0.29) is 5.97 Å². The van der Waals surface area contributed by atoms with Crippen LogP contribution in [0.2, 0.25) is 0 Å². The van der Waals surface area contributed by atoms with Crippen LogP contribution < -0.4 is 0 Å². The molecule has 0 spiro atoms. The quantitative estimate of drug-likeness (QED) is 0.424. The molecule has 1 atom stereocenters. The summed E-state index contributed by atoms with van der Waals surface area (Å²) < 4.78 is 5.58. The smallest absolute Gasteiger partial charge is 0.322 e. The molecule has 0 bridgehead atoms. The fourth-order valence-corrected chi connectivity index (χ4v) is 0.953. The number of quaternary nitrogens is 1. The molecule has 0 aliphatic rings. The van der Waals surface area contributed by atoms with Crippen molar-refractivity contribution >= 4 is 21.9 Å². The van der Waals surface area contributed by atoms with Gasteiger partial charge in [-0.25, -0.2) is 0 Å². The van der Waals surface area contributed by atoms with Gasteiger partial charge in [0, 0.05) is 0 Å². The van der Waals surface area contributed by atoms with Gasteiger partial charge in [-0.1, -0.05) is 22.9 Å². The van der Waals surface area contributed by atoms with E-state index < -0.39 is 4.32 Å². The number of carbonyl (C=O) groups excluding carboxylic acids is 1. The van der Waals surface area contributed by atoms with Gasteiger partial charge in [0.15, 0.2) is 0 Å². The molecule has 1 unspecified atom stereocenters. The summed E-state index contributed by atoms with van der Waals surface area (Å²) in [7, 11) is 4.25. The zero-order chi connectivity index (χ0) is 12.1. The van der Waals surface area contributed by atoms with Crippen LogP contribution in [0.15, 0.2) is 0 Å². The molecule has 0 radical (unpaired) electrons. The number of alkyl halides is 1. The molecule has 0 heterocycles. The van der Waals surface area contributed by atoms with Crippen LogP contribution in [0, 0.1) is 0 Å². The van der Waals surface area contributed by atoms with Crippen molar-refractivity contribution in [3.63, 3.8) is 0 Å². The highest BCUT2D eigenvalue weighted by Crippen LogP contribution is 2.22. The fourth-order valence-electron chi connectivity index (χ4n) is 0.838. The second-order valence-electron chi connectivity index (χ2n) is 4.66. The lowest BCUT2D eigenvalue weighted by Gasteiger charge is -2.28. The summed E-state index contributed by atoms with van der Waals surface area (Å²) in [4.78, 5) is 11.6. The minimum absolute atomic E-state index is 0.166. The first-order valence-corrected chi connectivity index (χ1v) is 6.22. The van der Waals surface area contributed by atoms with Gasteiger partial charge in [-0.05, 0) is 20.3 Å². The van der Waals surface area contributed by atoms with E-state index in [9.17, 15) is 4.79 Å². The second-order valence-corrected chi connectivity index (χ2v) is 6.41. The van der Waals surface area contributed by atoms with Crippen molar-refractivity contribution in [1.82, 2.24) is 0 Å². The summed E-state index contributed by atoms with van der Waals surface area (Å²) in [5, 5.41) is 0. The SMILES string of the molecule is CCC(C)(Br)C(=O)OCC[N+](C)(C)CC. The molecule has 0 aromatic heterocycles. The third-order valence-corrected chi connectivity index (χ3v) is 3.76. The van der Waals surface area contributed by atoms with Gasteiger partial charge in [0.05, 0.1) is 20.6 Å². The average Bonchev–Trinajstić information content (AvgIpc) is 2.17. The molecule has 0 saturated carbocycles. The van der Waals surface area contributed by atoms with Crippen LogP contribution in [0.5, 0.6) is 0 Å². The van der Waals surface area contributed by atoms with E-state index in [1.807, 2.05) is 13.8 Å². The first kappa shape index (κ1) is 14.9. The Balaban J connectivity index is 3.93. The minimum atomic E-state index is -0.531. The number of likely N-dealkylation sites (N-methyl/N-ethyl adjacent to an activating group) is 1. The molecular formula is C11H23BrNO2+. The second kappa shape index (κ2) is 5.85. The molecule has 3 nitrogen and oxygen atoms in total. The molecule has 0 N–H and O–H groups in total. The van der Waals surface area contributed by atoms with E-state index in [0.717, 1.165) is 24.0 Å². The molecule has 0 rings (SSSR count). The standard InChI is InChI=1S/C11H23BrNO2/c1-6-11(3,12)10(14)15-9-8-13(4,5)7-2/h6-9H2,1-5H3/q+1. The number of ether oxygens (including phenoxy) is 1. The van der Waals surface area contributed by atoms with Crippen LogP contribution in [0.4, 0.5) is 0 Å². The number of hydrogen-bond acceptors (Lipinski definition) is 2. The van der Waals surface area contributed by atoms with E-state index in [0.29, 0.717) is 6.61 Å². The monoisotopic (exact) mass is 280 g/mol. The molecule has 0 fully saturated rings. The Morgan fingerprint density at radius 1 is 1.40 bits per heavy atom. The minimum Gasteiger partial charge on any atom is -0.459 e. The van der Waals surface area contributed by atoms with Crippen LogP contribution >= 0.6 is 15.9 Å². The Labute approximate surface area is 102 Å². The molecule has 0 aromatic carbocycles. The largest absolute Gasteiger partial charge is 0.459 e. The van der Waals surface area contributed by atoms with Gasteiger partial charge in [-0.3, -0.25) is 4.79 Å². The Hall–Kier alpha value is -0.0900. The summed E-state index contributed by atoms with van der Waals surface area (Å²) >= 11 is 3.36. The molecule has 0 aliphatic carbocycles. The highest BCUT2D eigenvalue weighted by Gasteiger charge is 2.29. The maximum Gasteiger partial charge on any atom is 0.322 e. The van der Waals surface area contributed by atoms with E-state index in [1.165, 1.54) is 0 Å². The van der Waals surface area contributed by atoms with E-state index in [2.05, 4.69) is 36.9 Å². The molecule has 90 valence electrons. The summed E-state index contributed by atoms with van der Waals surface area (Å²) in [6.07, 6.45) is 0.734. The van der Waals surface area contributed by atoms with E-state index in [1.54, 1.807) is 0 Å². The van der Waals surface area contributed by atoms with E-state index in [4.69, 9.17) is 4.74 Å². The Morgan fingerprint density at radius 3 is 2.33 bits per heavy atom. The Morgan fingerprint density at radius 2 is 1.93 bits per heavy atom.